The highest BCUT2D eigenvalue weighted by Crippen LogP contribution is 2.28. The zero-order valence-electron chi connectivity index (χ0n) is 15.4. The van der Waals surface area contributed by atoms with Gasteiger partial charge in [-0.25, -0.2) is 9.78 Å². The topological polar surface area (TPSA) is 119 Å². The van der Waals surface area contributed by atoms with Crippen molar-refractivity contribution in [3.8, 4) is 5.75 Å². The highest BCUT2D eigenvalue weighted by molar-refractivity contribution is 5.91. The van der Waals surface area contributed by atoms with Crippen molar-refractivity contribution in [2.24, 2.45) is 0 Å². The second-order valence-electron chi connectivity index (χ2n) is 6.03. The molecule has 1 fully saturated rings. The van der Waals surface area contributed by atoms with Crippen molar-refractivity contribution in [2.75, 3.05) is 43.6 Å². The third-order valence-corrected chi connectivity index (χ3v) is 4.26. The minimum Gasteiger partial charge on any atom is -0.495 e. The van der Waals surface area contributed by atoms with Gasteiger partial charge < -0.3 is 25.0 Å². The Balaban J connectivity index is 1.67. The minimum atomic E-state index is -0.535. The molecule has 10 heteroatoms. The Morgan fingerprint density at radius 2 is 2.14 bits per heavy atom. The average molecular weight is 387 g/mol. The third-order valence-electron chi connectivity index (χ3n) is 4.26. The molecule has 0 saturated carbocycles. The Morgan fingerprint density at radius 1 is 1.36 bits per heavy atom. The van der Waals surface area contributed by atoms with Crippen LogP contribution in [0.15, 0.2) is 36.5 Å². The SMILES string of the molecule is COc1ccc([N+](=O)[O-])cc1NC(=O)NCc1cccnc1N1CCOCC1. The number of nitrogens with one attached hydrogen (secondary N) is 2. The number of non-ortho nitro benzene ring substituents is 1. The monoisotopic (exact) mass is 387 g/mol. The quantitative estimate of drug-likeness (QED) is 0.576. The average Bonchev–Trinajstić information content (AvgIpc) is 2.73. The maximum atomic E-state index is 12.3. The molecule has 0 atom stereocenters. The number of methoxy groups -OCH3 is 1. The number of pyridine rings is 1. The number of amides is 2. The molecule has 0 spiro atoms. The molecular formula is C18H21N5O5. The van der Waals surface area contributed by atoms with E-state index >= 15 is 0 Å². The summed E-state index contributed by atoms with van der Waals surface area (Å²) in [6.07, 6.45) is 1.71. The van der Waals surface area contributed by atoms with Gasteiger partial charge in [0.15, 0.2) is 0 Å². The first kappa shape index (κ1) is 19.4. The molecule has 2 amide bonds. The van der Waals surface area contributed by atoms with Crippen LogP contribution in [0.5, 0.6) is 5.75 Å². The number of aromatic nitrogens is 1. The summed E-state index contributed by atoms with van der Waals surface area (Å²) in [5.74, 6) is 1.13. The standard InChI is InChI=1S/C18H21N5O5/c1-27-16-5-4-14(23(25)26)11-15(16)21-18(24)20-12-13-3-2-6-19-17(13)22-7-9-28-10-8-22/h2-6,11H,7-10,12H2,1H3,(H2,20,21,24). The normalized spacial score (nSPS) is 13.7. The van der Waals surface area contributed by atoms with E-state index in [1.54, 1.807) is 6.20 Å². The van der Waals surface area contributed by atoms with E-state index in [2.05, 4.69) is 20.5 Å². The summed E-state index contributed by atoms with van der Waals surface area (Å²) in [6, 6.07) is 7.20. The van der Waals surface area contributed by atoms with Gasteiger partial charge in [0.1, 0.15) is 11.6 Å². The summed E-state index contributed by atoms with van der Waals surface area (Å²) in [5, 5.41) is 16.3. The van der Waals surface area contributed by atoms with Crippen molar-refractivity contribution in [2.45, 2.75) is 6.54 Å². The van der Waals surface area contributed by atoms with Crippen LogP contribution in [0.4, 0.5) is 22.0 Å². The molecule has 1 aromatic heterocycles. The first-order chi connectivity index (χ1) is 13.6. The maximum absolute atomic E-state index is 12.3. The van der Waals surface area contributed by atoms with Gasteiger partial charge in [0.2, 0.25) is 0 Å². The lowest BCUT2D eigenvalue weighted by Crippen LogP contribution is -2.38. The van der Waals surface area contributed by atoms with Crippen molar-refractivity contribution in [1.29, 1.82) is 0 Å². The molecule has 1 saturated heterocycles. The number of morpholine rings is 1. The molecule has 0 unspecified atom stereocenters. The van der Waals surface area contributed by atoms with E-state index in [1.165, 1.54) is 25.3 Å². The summed E-state index contributed by atoms with van der Waals surface area (Å²) in [7, 11) is 1.43. The van der Waals surface area contributed by atoms with Gasteiger partial charge in [-0.1, -0.05) is 6.07 Å². The number of benzene rings is 1. The van der Waals surface area contributed by atoms with Gasteiger partial charge in [0, 0.05) is 43.5 Å². The van der Waals surface area contributed by atoms with Crippen molar-refractivity contribution in [1.82, 2.24) is 10.3 Å². The van der Waals surface area contributed by atoms with Crippen LogP contribution >= 0.6 is 0 Å². The van der Waals surface area contributed by atoms with E-state index in [0.29, 0.717) is 19.0 Å². The number of nitro groups is 1. The van der Waals surface area contributed by atoms with Gasteiger partial charge in [-0.2, -0.15) is 0 Å². The van der Waals surface area contributed by atoms with E-state index in [9.17, 15) is 14.9 Å². The lowest BCUT2D eigenvalue weighted by molar-refractivity contribution is -0.384. The molecule has 28 heavy (non-hydrogen) atoms. The Morgan fingerprint density at radius 3 is 2.86 bits per heavy atom. The Bertz CT molecular complexity index is 854. The molecule has 1 aliphatic heterocycles. The molecule has 2 aromatic rings. The molecular weight excluding hydrogens is 366 g/mol. The Hall–Kier alpha value is -3.40. The fourth-order valence-electron chi connectivity index (χ4n) is 2.88. The zero-order chi connectivity index (χ0) is 19.9. The molecule has 10 nitrogen and oxygen atoms in total. The Labute approximate surface area is 161 Å². The van der Waals surface area contributed by atoms with E-state index in [4.69, 9.17) is 9.47 Å². The second-order valence-corrected chi connectivity index (χ2v) is 6.03. The van der Waals surface area contributed by atoms with E-state index in [1.807, 2.05) is 12.1 Å². The fourth-order valence-corrected chi connectivity index (χ4v) is 2.88. The van der Waals surface area contributed by atoms with E-state index in [-0.39, 0.29) is 17.9 Å². The van der Waals surface area contributed by atoms with Gasteiger partial charge in [-0.15, -0.1) is 0 Å². The first-order valence-corrected chi connectivity index (χ1v) is 8.72. The van der Waals surface area contributed by atoms with Crippen LogP contribution in [-0.2, 0) is 11.3 Å². The van der Waals surface area contributed by atoms with Crippen molar-refractivity contribution < 1.29 is 19.2 Å². The van der Waals surface area contributed by atoms with Crippen LogP contribution in [0.3, 0.4) is 0 Å². The van der Waals surface area contributed by atoms with Gasteiger partial charge in [0.05, 0.1) is 30.9 Å². The minimum absolute atomic E-state index is 0.141. The lowest BCUT2D eigenvalue weighted by Gasteiger charge is -2.29. The number of hydrogen-bond acceptors (Lipinski definition) is 7. The van der Waals surface area contributed by atoms with Crippen LogP contribution in [0.2, 0.25) is 0 Å². The smallest absolute Gasteiger partial charge is 0.319 e. The number of anilines is 2. The number of rotatable bonds is 6. The highest BCUT2D eigenvalue weighted by atomic mass is 16.6. The van der Waals surface area contributed by atoms with Gasteiger partial charge in [0.25, 0.3) is 5.69 Å². The maximum Gasteiger partial charge on any atom is 0.319 e. The van der Waals surface area contributed by atoms with Crippen LogP contribution in [0.1, 0.15) is 5.56 Å². The number of ether oxygens (including phenoxy) is 2. The first-order valence-electron chi connectivity index (χ1n) is 8.72. The van der Waals surface area contributed by atoms with Crippen molar-refractivity contribution in [3.63, 3.8) is 0 Å². The summed E-state index contributed by atoms with van der Waals surface area (Å²) in [4.78, 5) is 29.3. The molecule has 1 aliphatic rings. The van der Waals surface area contributed by atoms with Gasteiger partial charge in [-0.3, -0.25) is 10.1 Å². The molecule has 3 rings (SSSR count). The predicted octanol–water partition coefficient (Wildman–Crippen LogP) is 2.16. The van der Waals surface area contributed by atoms with Crippen LogP contribution in [-0.4, -0.2) is 49.4 Å². The molecule has 2 heterocycles. The fraction of sp³-hybridized carbons (Fsp3) is 0.333. The summed E-state index contributed by atoms with van der Waals surface area (Å²) < 4.78 is 10.5. The number of hydrogen-bond donors (Lipinski definition) is 2. The zero-order valence-corrected chi connectivity index (χ0v) is 15.4. The molecule has 0 aliphatic carbocycles. The molecule has 148 valence electrons. The van der Waals surface area contributed by atoms with Gasteiger partial charge >= 0.3 is 6.03 Å². The third kappa shape index (κ3) is 4.65. The van der Waals surface area contributed by atoms with E-state index < -0.39 is 11.0 Å². The molecule has 2 N–H and O–H groups in total. The molecule has 0 radical (unpaired) electrons. The van der Waals surface area contributed by atoms with Crippen LogP contribution in [0.25, 0.3) is 0 Å². The highest BCUT2D eigenvalue weighted by Gasteiger charge is 2.17. The number of urea groups is 1. The number of carbonyl (C=O) groups is 1. The number of nitro benzene ring substituents is 1. The largest absolute Gasteiger partial charge is 0.495 e. The van der Waals surface area contributed by atoms with Gasteiger partial charge in [-0.05, 0) is 12.1 Å². The van der Waals surface area contributed by atoms with Crippen LogP contribution in [0, 0.1) is 10.1 Å². The number of nitrogens with zero attached hydrogens (tertiary/aromatic N) is 3. The van der Waals surface area contributed by atoms with Crippen molar-refractivity contribution >= 4 is 23.2 Å². The van der Waals surface area contributed by atoms with E-state index in [0.717, 1.165) is 24.5 Å². The lowest BCUT2D eigenvalue weighted by atomic mass is 10.2. The predicted molar refractivity (Wildman–Crippen MR) is 103 cm³/mol. The Kier molecular flexibility index (Phi) is 6.22. The van der Waals surface area contributed by atoms with Crippen molar-refractivity contribution in [3.05, 3.63) is 52.2 Å². The second kappa shape index (κ2) is 9.00. The number of carbonyl (C=O) groups excluding carboxylic acids is 1. The summed E-state index contributed by atoms with van der Waals surface area (Å²) in [6.45, 7) is 3.00. The molecule has 0 bridgehead atoms. The van der Waals surface area contributed by atoms with Crippen LogP contribution < -0.4 is 20.3 Å². The summed E-state index contributed by atoms with van der Waals surface area (Å²) in [5.41, 5.74) is 0.942. The summed E-state index contributed by atoms with van der Waals surface area (Å²) >= 11 is 0. The molecule has 1 aromatic carbocycles.